The smallest absolute Gasteiger partial charge is 0.0726 e. The summed E-state index contributed by atoms with van der Waals surface area (Å²) < 4.78 is 0. The van der Waals surface area contributed by atoms with Crippen molar-refractivity contribution < 1.29 is 0 Å². The van der Waals surface area contributed by atoms with E-state index in [1.54, 1.807) is 0 Å². The number of fused-ring (bicyclic) bond motifs is 16. The molecule has 1 spiro atoms. The number of rotatable bonds is 7. The fourth-order valence-electron chi connectivity index (χ4n) is 14.9. The van der Waals surface area contributed by atoms with Gasteiger partial charge < -0.3 is 4.90 Å². The summed E-state index contributed by atoms with van der Waals surface area (Å²) in [6.45, 7) is 0. The number of benzene rings is 12. The van der Waals surface area contributed by atoms with Crippen LogP contribution in [0.25, 0.3) is 44.5 Å². The van der Waals surface area contributed by atoms with Gasteiger partial charge in [0.25, 0.3) is 0 Å². The molecule has 4 aliphatic rings. The molecular formula is C75H49N. The van der Waals surface area contributed by atoms with E-state index in [0.717, 1.165) is 17.1 Å². The van der Waals surface area contributed by atoms with Crippen molar-refractivity contribution in [2.24, 2.45) is 0 Å². The van der Waals surface area contributed by atoms with Gasteiger partial charge in [0.2, 0.25) is 0 Å². The van der Waals surface area contributed by atoms with E-state index in [-0.39, 0.29) is 0 Å². The van der Waals surface area contributed by atoms with Gasteiger partial charge in [-0.3, -0.25) is 0 Å². The molecule has 0 aromatic heterocycles. The molecule has 12 aromatic carbocycles. The summed E-state index contributed by atoms with van der Waals surface area (Å²) in [6, 6.07) is 112. The first kappa shape index (κ1) is 42.9. The molecule has 0 unspecified atom stereocenters. The number of hydrogen-bond acceptors (Lipinski definition) is 1. The van der Waals surface area contributed by atoms with Crippen LogP contribution in [0.5, 0.6) is 0 Å². The van der Waals surface area contributed by atoms with Crippen LogP contribution in [-0.2, 0) is 16.2 Å². The van der Waals surface area contributed by atoms with Crippen LogP contribution in [0.1, 0.15) is 66.8 Å². The summed E-state index contributed by atoms with van der Waals surface area (Å²) in [5, 5.41) is 0. The van der Waals surface area contributed by atoms with Crippen molar-refractivity contribution in [3.63, 3.8) is 0 Å². The van der Waals surface area contributed by atoms with Crippen molar-refractivity contribution in [3.8, 4) is 44.5 Å². The van der Waals surface area contributed by atoms with Gasteiger partial charge in [0.1, 0.15) is 0 Å². The van der Waals surface area contributed by atoms with E-state index in [1.165, 1.54) is 111 Å². The van der Waals surface area contributed by atoms with Crippen LogP contribution < -0.4 is 4.90 Å². The lowest BCUT2D eigenvalue weighted by Gasteiger charge is -2.36. The van der Waals surface area contributed by atoms with Crippen molar-refractivity contribution in [2.75, 3.05) is 4.90 Å². The predicted molar refractivity (Wildman–Crippen MR) is 312 cm³/mol. The van der Waals surface area contributed by atoms with Crippen molar-refractivity contribution in [1.82, 2.24) is 0 Å². The molecule has 0 heterocycles. The van der Waals surface area contributed by atoms with E-state index < -0.39 is 16.2 Å². The summed E-state index contributed by atoms with van der Waals surface area (Å²) in [6.07, 6.45) is 0. The molecule has 0 radical (unpaired) electrons. The molecule has 16 rings (SSSR count). The van der Waals surface area contributed by atoms with Gasteiger partial charge >= 0.3 is 0 Å². The minimum Gasteiger partial charge on any atom is -0.310 e. The van der Waals surface area contributed by atoms with Crippen LogP contribution >= 0.6 is 0 Å². The van der Waals surface area contributed by atoms with E-state index in [9.17, 15) is 0 Å². The second-order valence-electron chi connectivity index (χ2n) is 20.9. The standard InChI is InChI=1S/C75H49N/c1-4-23-50(24-5-1)73(63-35-16-10-29-56(63)57-30-11-17-36-64(57)73)53-43-45-54(46-44-53)76(55-47-48-61-60-33-12-18-37-65(60)74(70(61)49-55,51-25-6-2-7-26-51)52-27-8-3-9-28-52)71-42-22-41-69-72(71)62-34-15-21-40-68(62)75(69)66-38-19-13-31-58(66)59-32-14-20-39-67(59)75/h1-49H. The Kier molecular flexibility index (Phi) is 9.15. The summed E-state index contributed by atoms with van der Waals surface area (Å²) in [5.74, 6) is 0. The Balaban J connectivity index is 0.982. The Morgan fingerprint density at radius 2 is 0.513 bits per heavy atom. The van der Waals surface area contributed by atoms with Gasteiger partial charge in [-0.15, -0.1) is 0 Å². The van der Waals surface area contributed by atoms with Crippen molar-refractivity contribution in [2.45, 2.75) is 16.2 Å². The molecular weight excluding hydrogens is 915 g/mol. The van der Waals surface area contributed by atoms with E-state index in [2.05, 4.69) is 302 Å². The van der Waals surface area contributed by atoms with Crippen LogP contribution in [0.15, 0.2) is 297 Å². The largest absolute Gasteiger partial charge is 0.310 e. The van der Waals surface area contributed by atoms with Gasteiger partial charge in [-0.2, -0.15) is 0 Å². The average Bonchev–Trinajstić information content (AvgIpc) is 4.39. The zero-order chi connectivity index (χ0) is 50.0. The van der Waals surface area contributed by atoms with Gasteiger partial charge in [-0.1, -0.05) is 267 Å². The first-order valence-electron chi connectivity index (χ1n) is 26.7. The number of anilines is 3. The Morgan fingerprint density at radius 1 is 0.197 bits per heavy atom. The molecule has 0 amide bonds. The molecule has 0 saturated heterocycles. The highest BCUT2D eigenvalue weighted by atomic mass is 15.1. The molecule has 1 nitrogen and oxygen atoms in total. The maximum Gasteiger partial charge on any atom is 0.0726 e. The van der Waals surface area contributed by atoms with E-state index in [4.69, 9.17) is 0 Å². The maximum absolute atomic E-state index is 2.57. The average molecular weight is 964 g/mol. The van der Waals surface area contributed by atoms with Gasteiger partial charge in [0, 0.05) is 16.9 Å². The van der Waals surface area contributed by atoms with Crippen molar-refractivity contribution >= 4 is 17.1 Å². The zero-order valence-corrected chi connectivity index (χ0v) is 41.7. The molecule has 0 saturated carbocycles. The Labute approximate surface area is 444 Å². The predicted octanol–water partition coefficient (Wildman–Crippen LogP) is 18.2. The molecule has 4 aliphatic carbocycles. The van der Waals surface area contributed by atoms with E-state index in [1.807, 2.05) is 0 Å². The van der Waals surface area contributed by atoms with Crippen LogP contribution in [0.2, 0.25) is 0 Å². The molecule has 76 heavy (non-hydrogen) atoms. The summed E-state index contributed by atoms with van der Waals surface area (Å²) in [4.78, 5) is 2.57. The summed E-state index contributed by atoms with van der Waals surface area (Å²) in [5.41, 5.74) is 27.5. The normalized spacial score (nSPS) is 14.6. The molecule has 12 aromatic rings. The van der Waals surface area contributed by atoms with Gasteiger partial charge in [0.05, 0.1) is 21.9 Å². The fourth-order valence-corrected chi connectivity index (χ4v) is 14.9. The number of hydrogen-bond donors (Lipinski definition) is 0. The molecule has 0 fully saturated rings. The Bertz CT molecular complexity index is 4150. The molecule has 1 heteroatoms. The molecule has 0 bridgehead atoms. The van der Waals surface area contributed by atoms with Crippen LogP contribution in [0, 0.1) is 0 Å². The van der Waals surface area contributed by atoms with Crippen LogP contribution in [-0.4, -0.2) is 0 Å². The highest BCUT2D eigenvalue weighted by molar-refractivity contribution is 6.02. The lowest BCUT2D eigenvalue weighted by Crippen LogP contribution is -2.29. The van der Waals surface area contributed by atoms with Gasteiger partial charge in [-0.05, 0) is 136 Å². The monoisotopic (exact) mass is 963 g/mol. The Hall–Kier alpha value is -9.56. The third-order valence-electron chi connectivity index (χ3n) is 17.7. The SMILES string of the molecule is c1ccc(C2(c3ccc(N(c4ccc5c(c4)C(c4ccccc4)(c4ccccc4)c4ccccc4-5)c4cccc5c4-c4ccccc4C54c5ccccc5-c5ccccc54)cc3)c3ccccc3-c3ccccc32)cc1. The zero-order valence-electron chi connectivity index (χ0n) is 41.7. The third-order valence-corrected chi connectivity index (χ3v) is 17.7. The Morgan fingerprint density at radius 3 is 0.961 bits per heavy atom. The molecule has 0 atom stereocenters. The first-order chi connectivity index (χ1) is 37.7. The van der Waals surface area contributed by atoms with Crippen LogP contribution in [0.3, 0.4) is 0 Å². The van der Waals surface area contributed by atoms with Gasteiger partial charge in [-0.25, -0.2) is 0 Å². The minimum atomic E-state index is -0.572. The highest BCUT2D eigenvalue weighted by Crippen LogP contribution is 2.66. The van der Waals surface area contributed by atoms with E-state index >= 15 is 0 Å². The first-order valence-corrected chi connectivity index (χ1v) is 26.7. The van der Waals surface area contributed by atoms with E-state index in [0.29, 0.717) is 0 Å². The second kappa shape index (κ2) is 16.2. The van der Waals surface area contributed by atoms with Crippen molar-refractivity contribution in [1.29, 1.82) is 0 Å². The third kappa shape index (κ3) is 5.49. The molecule has 354 valence electrons. The van der Waals surface area contributed by atoms with Crippen molar-refractivity contribution in [3.05, 3.63) is 364 Å². The highest BCUT2D eigenvalue weighted by Gasteiger charge is 2.53. The second-order valence-corrected chi connectivity index (χ2v) is 20.9. The minimum absolute atomic E-state index is 0.495. The van der Waals surface area contributed by atoms with Gasteiger partial charge in [0.15, 0.2) is 0 Å². The maximum atomic E-state index is 2.57. The fraction of sp³-hybridized carbons (Fsp3) is 0.0400. The molecule has 0 aliphatic heterocycles. The summed E-state index contributed by atoms with van der Waals surface area (Å²) >= 11 is 0. The summed E-state index contributed by atoms with van der Waals surface area (Å²) in [7, 11) is 0. The van der Waals surface area contributed by atoms with Crippen LogP contribution in [0.4, 0.5) is 17.1 Å². The topological polar surface area (TPSA) is 3.24 Å². The quantitative estimate of drug-likeness (QED) is 0.154. The molecule has 0 N–H and O–H groups in total. The lowest BCUT2D eigenvalue weighted by molar-refractivity contribution is 0.768. The number of nitrogens with zero attached hydrogens (tertiary/aromatic N) is 1. The lowest BCUT2D eigenvalue weighted by atomic mass is 9.67.